The van der Waals surface area contributed by atoms with Crippen LogP contribution in [0.25, 0.3) is 0 Å². The van der Waals surface area contributed by atoms with Gasteiger partial charge in [-0.1, -0.05) is 12.5 Å². The summed E-state index contributed by atoms with van der Waals surface area (Å²) in [6, 6.07) is 4.49. The van der Waals surface area contributed by atoms with Crippen molar-refractivity contribution in [2.45, 2.75) is 31.4 Å². The average Bonchev–Trinajstić information content (AvgIpc) is 2.33. The first kappa shape index (κ1) is 14.1. The molecular formula is C12H18ClNO3. The highest BCUT2D eigenvalue weighted by molar-refractivity contribution is 5.85. The molecule has 2 rings (SSSR count). The molecule has 1 aromatic rings. The minimum atomic E-state index is -0.633. The number of aliphatic hydroxyl groups is 1. The number of piperidine rings is 1. The number of rotatable bonds is 2. The predicted octanol–water partition coefficient (Wildman–Crippen LogP) is 1.70. The van der Waals surface area contributed by atoms with Gasteiger partial charge in [-0.25, -0.2) is 0 Å². The van der Waals surface area contributed by atoms with E-state index in [9.17, 15) is 15.3 Å². The van der Waals surface area contributed by atoms with Gasteiger partial charge in [-0.2, -0.15) is 0 Å². The van der Waals surface area contributed by atoms with Gasteiger partial charge >= 0.3 is 0 Å². The Morgan fingerprint density at radius 1 is 1.18 bits per heavy atom. The van der Waals surface area contributed by atoms with Gasteiger partial charge in [0.1, 0.15) is 0 Å². The maximum Gasteiger partial charge on any atom is 0.157 e. The van der Waals surface area contributed by atoms with Gasteiger partial charge in [0.15, 0.2) is 11.5 Å². The van der Waals surface area contributed by atoms with Crippen molar-refractivity contribution in [3.8, 4) is 11.5 Å². The van der Waals surface area contributed by atoms with E-state index in [1.807, 2.05) is 0 Å². The number of phenols is 2. The Balaban J connectivity index is 0.00000144. The van der Waals surface area contributed by atoms with Crippen LogP contribution in [0.5, 0.6) is 11.5 Å². The molecule has 1 heterocycles. The van der Waals surface area contributed by atoms with Crippen molar-refractivity contribution >= 4 is 12.4 Å². The molecule has 4 nitrogen and oxygen atoms in total. The monoisotopic (exact) mass is 259 g/mol. The van der Waals surface area contributed by atoms with Crippen molar-refractivity contribution in [2.75, 3.05) is 6.54 Å². The molecule has 0 aliphatic carbocycles. The van der Waals surface area contributed by atoms with E-state index in [0.29, 0.717) is 5.56 Å². The van der Waals surface area contributed by atoms with Crippen LogP contribution in [0.2, 0.25) is 0 Å². The topological polar surface area (TPSA) is 72.7 Å². The van der Waals surface area contributed by atoms with Gasteiger partial charge in [0.25, 0.3) is 0 Å². The molecule has 5 heteroatoms. The van der Waals surface area contributed by atoms with Crippen molar-refractivity contribution in [1.29, 1.82) is 0 Å². The quantitative estimate of drug-likeness (QED) is 0.610. The van der Waals surface area contributed by atoms with Crippen molar-refractivity contribution in [3.63, 3.8) is 0 Å². The van der Waals surface area contributed by atoms with Crippen LogP contribution in [-0.4, -0.2) is 27.9 Å². The van der Waals surface area contributed by atoms with Gasteiger partial charge in [-0.3, -0.25) is 0 Å². The molecule has 0 bridgehead atoms. The van der Waals surface area contributed by atoms with Gasteiger partial charge < -0.3 is 20.6 Å². The fourth-order valence-electron chi connectivity index (χ4n) is 2.11. The number of hydrogen-bond donors (Lipinski definition) is 4. The Morgan fingerprint density at radius 3 is 2.53 bits per heavy atom. The lowest BCUT2D eigenvalue weighted by Crippen LogP contribution is -2.38. The van der Waals surface area contributed by atoms with Crippen LogP contribution in [0, 0.1) is 0 Å². The number of aliphatic hydroxyl groups excluding tert-OH is 1. The molecule has 1 aromatic carbocycles. The Morgan fingerprint density at radius 2 is 1.94 bits per heavy atom. The third-order valence-corrected chi connectivity index (χ3v) is 3.07. The molecule has 0 unspecified atom stereocenters. The summed E-state index contributed by atoms with van der Waals surface area (Å²) in [6.45, 7) is 0.922. The third-order valence-electron chi connectivity index (χ3n) is 3.07. The minimum absolute atomic E-state index is 0. The van der Waals surface area contributed by atoms with E-state index in [1.165, 1.54) is 12.1 Å². The first-order chi connectivity index (χ1) is 7.68. The molecule has 1 aliphatic rings. The third kappa shape index (κ3) is 3.25. The molecule has 1 aliphatic heterocycles. The number of halogens is 1. The lowest BCUT2D eigenvalue weighted by Gasteiger charge is -2.28. The van der Waals surface area contributed by atoms with E-state index in [-0.39, 0.29) is 29.9 Å². The molecule has 96 valence electrons. The summed E-state index contributed by atoms with van der Waals surface area (Å²) in [6.07, 6.45) is 2.55. The van der Waals surface area contributed by atoms with Gasteiger partial charge in [-0.15, -0.1) is 12.4 Å². The van der Waals surface area contributed by atoms with Crippen LogP contribution in [0.4, 0.5) is 0 Å². The van der Waals surface area contributed by atoms with Gasteiger partial charge in [0.2, 0.25) is 0 Å². The summed E-state index contributed by atoms with van der Waals surface area (Å²) in [5.41, 5.74) is 0.634. The Bertz CT molecular complexity index is 367. The summed E-state index contributed by atoms with van der Waals surface area (Å²) in [5.74, 6) is -0.347. The number of phenolic OH excluding ortho intramolecular Hbond substituents is 2. The molecule has 1 fully saturated rings. The average molecular weight is 260 g/mol. The van der Waals surface area contributed by atoms with E-state index in [4.69, 9.17) is 0 Å². The fourth-order valence-corrected chi connectivity index (χ4v) is 2.11. The van der Waals surface area contributed by atoms with E-state index in [0.717, 1.165) is 25.8 Å². The van der Waals surface area contributed by atoms with Gasteiger partial charge in [-0.05, 0) is 37.1 Å². The molecule has 0 saturated carbocycles. The van der Waals surface area contributed by atoms with E-state index in [2.05, 4.69) is 5.32 Å². The lowest BCUT2D eigenvalue weighted by molar-refractivity contribution is 0.113. The smallest absolute Gasteiger partial charge is 0.157 e. The standard InChI is InChI=1S/C12H17NO3.ClH/c14-10-5-4-8(7-11(10)15)12(16)9-3-1-2-6-13-9;/h4-5,7,9,12-16H,1-3,6H2;1H/t9-,12+;/m1./s1. The number of benzene rings is 1. The molecule has 0 amide bonds. The van der Waals surface area contributed by atoms with Crippen molar-refractivity contribution in [1.82, 2.24) is 5.32 Å². The van der Waals surface area contributed by atoms with Crippen LogP contribution >= 0.6 is 12.4 Å². The highest BCUT2D eigenvalue weighted by atomic mass is 35.5. The van der Waals surface area contributed by atoms with Crippen LogP contribution in [0.15, 0.2) is 18.2 Å². The predicted molar refractivity (Wildman–Crippen MR) is 67.6 cm³/mol. The van der Waals surface area contributed by atoms with E-state index < -0.39 is 6.10 Å². The van der Waals surface area contributed by atoms with Crippen molar-refractivity contribution < 1.29 is 15.3 Å². The van der Waals surface area contributed by atoms with Crippen molar-refractivity contribution in [3.05, 3.63) is 23.8 Å². The zero-order valence-corrected chi connectivity index (χ0v) is 10.3. The fraction of sp³-hybridized carbons (Fsp3) is 0.500. The molecule has 0 aromatic heterocycles. The first-order valence-corrected chi connectivity index (χ1v) is 5.62. The Labute approximate surface area is 107 Å². The van der Waals surface area contributed by atoms with Crippen LogP contribution in [-0.2, 0) is 0 Å². The number of hydrogen-bond acceptors (Lipinski definition) is 4. The molecule has 0 radical (unpaired) electrons. The highest BCUT2D eigenvalue weighted by Gasteiger charge is 2.23. The van der Waals surface area contributed by atoms with Crippen LogP contribution in [0.1, 0.15) is 30.9 Å². The normalized spacial score (nSPS) is 21.6. The van der Waals surface area contributed by atoms with Crippen molar-refractivity contribution in [2.24, 2.45) is 0 Å². The van der Waals surface area contributed by atoms with E-state index in [1.54, 1.807) is 6.07 Å². The number of nitrogens with one attached hydrogen (secondary N) is 1. The van der Waals surface area contributed by atoms with Crippen LogP contribution in [0.3, 0.4) is 0 Å². The molecule has 17 heavy (non-hydrogen) atoms. The second kappa shape index (κ2) is 6.10. The Kier molecular flexibility index (Phi) is 5.05. The first-order valence-electron chi connectivity index (χ1n) is 5.62. The summed E-state index contributed by atoms with van der Waals surface area (Å²) in [4.78, 5) is 0. The maximum absolute atomic E-state index is 10.1. The molecule has 0 spiro atoms. The molecule has 1 saturated heterocycles. The van der Waals surface area contributed by atoms with Gasteiger partial charge in [0.05, 0.1) is 6.10 Å². The molecule has 2 atom stereocenters. The summed E-state index contributed by atoms with van der Waals surface area (Å²) >= 11 is 0. The molecule has 4 N–H and O–H groups in total. The molecular weight excluding hydrogens is 242 g/mol. The second-order valence-corrected chi connectivity index (χ2v) is 4.25. The SMILES string of the molecule is Cl.Oc1ccc([C@H](O)[C@H]2CCCCN2)cc1O. The summed E-state index contributed by atoms with van der Waals surface area (Å²) in [7, 11) is 0. The van der Waals surface area contributed by atoms with E-state index >= 15 is 0 Å². The Hall–Kier alpha value is -0.970. The largest absolute Gasteiger partial charge is 0.504 e. The maximum atomic E-state index is 10.1. The summed E-state index contributed by atoms with van der Waals surface area (Å²) in [5, 5.41) is 31.9. The zero-order valence-electron chi connectivity index (χ0n) is 9.47. The zero-order chi connectivity index (χ0) is 11.5. The highest BCUT2D eigenvalue weighted by Crippen LogP contribution is 2.30. The van der Waals surface area contributed by atoms with Crippen LogP contribution < -0.4 is 5.32 Å². The number of aromatic hydroxyl groups is 2. The van der Waals surface area contributed by atoms with Gasteiger partial charge in [0, 0.05) is 6.04 Å². The summed E-state index contributed by atoms with van der Waals surface area (Å²) < 4.78 is 0. The second-order valence-electron chi connectivity index (χ2n) is 4.25. The lowest BCUT2D eigenvalue weighted by atomic mass is 9.95. The minimum Gasteiger partial charge on any atom is -0.504 e.